The van der Waals surface area contributed by atoms with Gasteiger partial charge in [0.1, 0.15) is 0 Å². The van der Waals surface area contributed by atoms with Crippen molar-refractivity contribution in [3.63, 3.8) is 0 Å². The van der Waals surface area contributed by atoms with Crippen molar-refractivity contribution >= 4 is 5.69 Å². The minimum absolute atomic E-state index is 0.0854. The second kappa shape index (κ2) is 10.1. The van der Waals surface area contributed by atoms with Gasteiger partial charge < -0.3 is 9.99 Å². The summed E-state index contributed by atoms with van der Waals surface area (Å²) >= 11 is 0. The highest BCUT2D eigenvalue weighted by Crippen LogP contribution is 2.29. The monoisotopic (exact) mass is 478 g/mol. The van der Waals surface area contributed by atoms with Gasteiger partial charge in [0.25, 0.3) is 5.56 Å². The van der Waals surface area contributed by atoms with Crippen molar-refractivity contribution in [2.24, 2.45) is 0 Å². The molecular formula is C29H30N6O. The number of aromatic nitrogens is 4. The van der Waals surface area contributed by atoms with E-state index in [1.165, 1.54) is 0 Å². The highest BCUT2D eigenvalue weighted by atomic mass is 16.1. The third kappa shape index (κ3) is 4.61. The van der Waals surface area contributed by atoms with E-state index in [4.69, 9.17) is 0 Å². The van der Waals surface area contributed by atoms with Gasteiger partial charge in [0.15, 0.2) is 0 Å². The Kier molecular flexibility index (Phi) is 6.56. The van der Waals surface area contributed by atoms with Gasteiger partial charge in [-0.1, -0.05) is 36.4 Å². The van der Waals surface area contributed by atoms with Gasteiger partial charge in [0.2, 0.25) is 0 Å². The fourth-order valence-electron chi connectivity index (χ4n) is 4.44. The molecule has 0 unspecified atom stereocenters. The first-order valence-corrected chi connectivity index (χ1v) is 12.1. The van der Waals surface area contributed by atoms with Crippen LogP contribution in [-0.2, 0) is 6.42 Å². The van der Waals surface area contributed by atoms with Gasteiger partial charge in [-0.3, -0.25) is 14.9 Å². The van der Waals surface area contributed by atoms with Crippen molar-refractivity contribution in [2.45, 2.75) is 20.3 Å². The smallest absolute Gasteiger partial charge is 0.271 e. The number of hydrazine groups is 1. The molecule has 0 amide bonds. The molecule has 5 aromatic rings. The highest BCUT2D eigenvalue weighted by molar-refractivity contribution is 5.76. The molecule has 0 atom stereocenters. The van der Waals surface area contributed by atoms with Gasteiger partial charge in [-0.05, 0) is 67.3 Å². The Hall–Kier alpha value is -4.36. The minimum Gasteiger partial charge on any atom is -0.360 e. The number of nitrogens with zero attached hydrogens (tertiary/aromatic N) is 3. The standard InChI is InChI=1S/C29H30N6O/c1-20-8-6-12-27(21(20)2)35-29(36)18-26(33-35)23-9-4-5-11-28(23)34(30-3)17-15-22-13-14-25(32-19-22)24-10-7-16-31-24/h4-14,16,18-19,30-31,33H,15,17H2,1-3H3. The van der Waals surface area contributed by atoms with Gasteiger partial charge in [0.05, 0.1) is 28.5 Å². The fraction of sp³-hybridized carbons (Fsp3) is 0.172. The van der Waals surface area contributed by atoms with Crippen molar-refractivity contribution < 1.29 is 0 Å². The van der Waals surface area contributed by atoms with E-state index >= 15 is 0 Å². The van der Waals surface area contributed by atoms with Gasteiger partial charge in [-0.2, -0.15) is 0 Å². The zero-order valence-electron chi connectivity index (χ0n) is 20.7. The van der Waals surface area contributed by atoms with E-state index in [0.717, 1.165) is 63.7 Å². The van der Waals surface area contributed by atoms with E-state index in [-0.39, 0.29) is 5.56 Å². The Labute approximate surface area is 210 Å². The molecule has 0 aliphatic carbocycles. The maximum Gasteiger partial charge on any atom is 0.271 e. The van der Waals surface area contributed by atoms with Crippen LogP contribution in [0.2, 0.25) is 0 Å². The van der Waals surface area contributed by atoms with Crippen molar-refractivity contribution in [3.8, 4) is 28.3 Å². The molecule has 0 saturated heterocycles. The summed E-state index contributed by atoms with van der Waals surface area (Å²) in [5.41, 5.74) is 12.1. The molecule has 5 rings (SSSR count). The van der Waals surface area contributed by atoms with Gasteiger partial charge >= 0.3 is 0 Å². The Morgan fingerprint density at radius 2 is 1.83 bits per heavy atom. The molecule has 3 aromatic heterocycles. The number of aromatic amines is 2. The van der Waals surface area contributed by atoms with Crippen LogP contribution in [0.15, 0.2) is 90.0 Å². The molecule has 0 fully saturated rings. The van der Waals surface area contributed by atoms with Crippen LogP contribution in [0.25, 0.3) is 28.3 Å². The second-order valence-corrected chi connectivity index (χ2v) is 8.84. The van der Waals surface area contributed by atoms with Gasteiger partial charge in [0, 0.05) is 37.6 Å². The summed E-state index contributed by atoms with van der Waals surface area (Å²) in [5.74, 6) is 0. The van der Waals surface area contributed by atoms with Gasteiger partial charge in [-0.25, -0.2) is 10.1 Å². The van der Waals surface area contributed by atoms with Crippen LogP contribution >= 0.6 is 0 Å². The minimum atomic E-state index is -0.0854. The number of anilines is 1. The summed E-state index contributed by atoms with van der Waals surface area (Å²) in [7, 11) is 1.91. The number of para-hydroxylation sites is 1. The lowest BCUT2D eigenvalue weighted by atomic mass is 10.1. The molecule has 0 aliphatic heterocycles. The highest BCUT2D eigenvalue weighted by Gasteiger charge is 2.16. The normalized spacial score (nSPS) is 11.1. The maximum atomic E-state index is 12.9. The molecule has 7 heteroatoms. The number of aryl methyl sites for hydroxylation is 1. The molecular weight excluding hydrogens is 448 g/mol. The maximum absolute atomic E-state index is 12.9. The molecule has 2 aromatic carbocycles. The topological polar surface area (TPSA) is 81.7 Å². The molecule has 0 radical (unpaired) electrons. The summed E-state index contributed by atoms with van der Waals surface area (Å²) in [6.45, 7) is 4.82. The molecule has 182 valence electrons. The van der Waals surface area contributed by atoms with Crippen molar-refractivity contribution in [1.82, 2.24) is 25.2 Å². The van der Waals surface area contributed by atoms with Crippen LogP contribution in [0.1, 0.15) is 16.7 Å². The number of nitrogens with one attached hydrogen (secondary N) is 3. The van der Waals surface area contributed by atoms with E-state index in [0.29, 0.717) is 0 Å². The van der Waals surface area contributed by atoms with E-state index < -0.39 is 0 Å². The summed E-state index contributed by atoms with van der Waals surface area (Å²) in [4.78, 5) is 20.7. The van der Waals surface area contributed by atoms with Crippen LogP contribution < -0.4 is 16.0 Å². The van der Waals surface area contributed by atoms with E-state index in [1.54, 1.807) is 10.7 Å². The SMILES string of the molecule is CNN(CCc1ccc(-c2ccc[nH]2)nc1)c1ccccc1-c1cc(=O)n(-c2cccc(C)c2C)[nH]1. The largest absolute Gasteiger partial charge is 0.360 e. The van der Waals surface area contributed by atoms with E-state index in [2.05, 4.69) is 50.6 Å². The quantitative estimate of drug-likeness (QED) is 0.274. The van der Waals surface area contributed by atoms with Crippen molar-refractivity contribution in [3.05, 3.63) is 112 Å². The van der Waals surface area contributed by atoms with Crippen LogP contribution in [0.3, 0.4) is 0 Å². The Bertz CT molecular complexity index is 1510. The molecule has 0 saturated carbocycles. The van der Waals surface area contributed by atoms with E-state index in [9.17, 15) is 4.79 Å². The van der Waals surface area contributed by atoms with E-state index in [1.807, 2.05) is 74.9 Å². The lowest BCUT2D eigenvalue weighted by Crippen LogP contribution is -2.37. The zero-order chi connectivity index (χ0) is 25.1. The zero-order valence-corrected chi connectivity index (χ0v) is 20.7. The molecule has 0 bridgehead atoms. The number of rotatable bonds is 8. The molecule has 0 aliphatic rings. The van der Waals surface area contributed by atoms with Crippen LogP contribution in [0.4, 0.5) is 5.69 Å². The van der Waals surface area contributed by atoms with Crippen molar-refractivity contribution in [2.75, 3.05) is 18.6 Å². The van der Waals surface area contributed by atoms with Crippen LogP contribution in [0, 0.1) is 13.8 Å². The Morgan fingerprint density at radius 1 is 0.972 bits per heavy atom. The second-order valence-electron chi connectivity index (χ2n) is 8.84. The van der Waals surface area contributed by atoms with Crippen LogP contribution in [-0.4, -0.2) is 33.3 Å². The fourth-order valence-corrected chi connectivity index (χ4v) is 4.44. The summed E-state index contributed by atoms with van der Waals surface area (Å²) in [5, 5.41) is 5.43. The van der Waals surface area contributed by atoms with Gasteiger partial charge in [-0.15, -0.1) is 0 Å². The third-order valence-corrected chi connectivity index (χ3v) is 6.62. The molecule has 36 heavy (non-hydrogen) atoms. The molecule has 0 spiro atoms. The summed E-state index contributed by atoms with van der Waals surface area (Å²) < 4.78 is 1.62. The van der Waals surface area contributed by atoms with Crippen molar-refractivity contribution in [1.29, 1.82) is 0 Å². The summed E-state index contributed by atoms with van der Waals surface area (Å²) in [6, 6.07) is 23.9. The number of pyridine rings is 1. The lowest BCUT2D eigenvalue weighted by Gasteiger charge is -2.26. The molecule has 3 heterocycles. The average Bonchev–Trinajstić information content (AvgIpc) is 3.57. The third-order valence-electron chi connectivity index (χ3n) is 6.62. The Morgan fingerprint density at radius 3 is 2.58 bits per heavy atom. The number of H-pyrrole nitrogens is 2. The first-order valence-electron chi connectivity index (χ1n) is 12.1. The first kappa shape index (κ1) is 23.4. The first-order chi connectivity index (χ1) is 17.5. The molecule has 7 nitrogen and oxygen atoms in total. The molecule has 3 N–H and O–H groups in total. The van der Waals surface area contributed by atoms with Crippen LogP contribution in [0.5, 0.6) is 0 Å². The Balaban J connectivity index is 1.39. The summed E-state index contributed by atoms with van der Waals surface area (Å²) in [6.07, 6.45) is 4.64. The average molecular weight is 479 g/mol. The number of hydrogen-bond acceptors (Lipinski definition) is 4. The number of hydrogen-bond donors (Lipinski definition) is 3. The number of benzene rings is 2. The predicted octanol–water partition coefficient (Wildman–Crippen LogP) is 5.02. The lowest BCUT2D eigenvalue weighted by molar-refractivity contribution is 0.695. The predicted molar refractivity (Wildman–Crippen MR) is 145 cm³/mol.